The number of fused-ring (bicyclic) bond motifs is 1. The fraction of sp³-hybridized carbons (Fsp3) is 0.444. The van der Waals surface area contributed by atoms with E-state index in [1.54, 1.807) is 7.11 Å². The zero-order chi connectivity index (χ0) is 17.5. The number of piperidine rings is 1. The molecule has 0 aliphatic carbocycles. The molecule has 0 radical (unpaired) electrons. The average Bonchev–Trinajstić information content (AvgIpc) is 2.82. The van der Waals surface area contributed by atoms with E-state index in [0.717, 1.165) is 16.9 Å². The quantitative estimate of drug-likeness (QED) is 0.622. The Bertz CT molecular complexity index is 709. The van der Waals surface area contributed by atoms with Crippen LogP contribution < -0.4 is 4.74 Å². The van der Waals surface area contributed by atoms with Crippen molar-refractivity contribution in [3.8, 4) is 5.75 Å². The molecule has 0 saturated carbocycles. The summed E-state index contributed by atoms with van der Waals surface area (Å²) in [5, 5.41) is 0. The van der Waals surface area contributed by atoms with Crippen molar-refractivity contribution in [1.29, 1.82) is 0 Å². The first-order valence-electron chi connectivity index (χ1n) is 7.79. The van der Waals surface area contributed by atoms with Crippen molar-refractivity contribution >= 4 is 11.9 Å². The van der Waals surface area contributed by atoms with Crippen LogP contribution in [0.15, 0.2) is 35.4 Å². The van der Waals surface area contributed by atoms with Crippen LogP contribution in [0.25, 0.3) is 0 Å². The van der Waals surface area contributed by atoms with Crippen LogP contribution in [0.5, 0.6) is 5.75 Å². The normalized spacial score (nSPS) is 26.8. The number of carbonyl (C=O) groups is 2. The van der Waals surface area contributed by atoms with Crippen molar-refractivity contribution in [2.24, 2.45) is 0 Å². The standard InChI is InChI=1S/C18H21NO5/c1-18-10-19(2)14(11-5-7-12(22-3)8-6-11)9-13(18)15(16(20)23-4)17(21)24-18/h5-8,14H,9-10H2,1-4H3/t14-,18+/m1/s1. The minimum atomic E-state index is -0.779. The molecule has 1 aromatic rings. The lowest BCUT2D eigenvalue weighted by atomic mass is 9.81. The molecule has 0 amide bonds. The largest absolute Gasteiger partial charge is 0.497 e. The Kier molecular flexibility index (Phi) is 4.09. The Labute approximate surface area is 141 Å². The molecule has 0 bridgehead atoms. The summed E-state index contributed by atoms with van der Waals surface area (Å²) in [6.07, 6.45) is 0.537. The Morgan fingerprint density at radius 1 is 1.29 bits per heavy atom. The van der Waals surface area contributed by atoms with Gasteiger partial charge < -0.3 is 14.2 Å². The molecule has 2 heterocycles. The molecule has 3 rings (SSSR count). The molecule has 6 nitrogen and oxygen atoms in total. The average molecular weight is 331 g/mol. The van der Waals surface area contributed by atoms with Crippen LogP contribution >= 0.6 is 0 Å². The van der Waals surface area contributed by atoms with Crippen LogP contribution in [0.2, 0.25) is 0 Å². The van der Waals surface area contributed by atoms with Crippen LogP contribution in [0.1, 0.15) is 24.9 Å². The van der Waals surface area contributed by atoms with Gasteiger partial charge in [-0.15, -0.1) is 0 Å². The number of hydrogen-bond acceptors (Lipinski definition) is 6. The molecule has 0 spiro atoms. The predicted molar refractivity (Wildman–Crippen MR) is 86.5 cm³/mol. The van der Waals surface area contributed by atoms with Crippen molar-refractivity contribution in [2.75, 3.05) is 27.8 Å². The lowest BCUT2D eigenvalue weighted by molar-refractivity contribution is -0.150. The lowest BCUT2D eigenvalue weighted by Gasteiger charge is -2.42. The maximum atomic E-state index is 12.2. The molecule has 2 aliphatic rings. The highest BCUT2D eigenvalue weighted by Crippen LogP contribution is 2.45. The molecule has 0 aromatic heterocycles. The lowest BCUT2D eigenvalue weighted by Crippen LogP contribution is -2.47. The second-order valence-electron chi connectivity index (χ2n) is 6.37. The Morgan fingerprint density at radius 3 is 2.54 bits per heavy atom. The maximum absolute atomic E-state index is 12.2. The van der Waals surface area contributed by atoms with Crippen molar-refractivity contribution in [1.82, 2.24) is 4.90 Å². The van der Waals surface area contributed by atoms with E-state index in [1.165, 1.54) is 7.11 Å². The molecule has 2 aliphatic heterocycles. The number of likely N-dealkylation sites (N-methyl/N-ethyl adjacent to an activating group) is 1. The first kappa shape index (κ1) is 16.5. The minimum Gasteiger partial charge on any atom is -0.497 e. The molecule has 6 heteroatoms. The number of benzene rings is 1. The summed E-state index contributed by atoms with van der Waals surface area (Å²) < 4.78 is 15.5. The number of esters is 2. The van der Waals surface area contributed by atoms with Gasteiger partial charge in [0.25, 0.3) is 0 Å². The third-order valence-electron chi connectivity index (χ3n) is 4.83. The number of nitrogens with zero attached hydrogens (tertiary/aromatic N) is 1. The molecule has 1 saturated heterocycles. The van der Waals surface area contributed by atoms with Gasteiger partial charge in [0, 0.05) is 12.6 Å². The van der Waals surface area contributed by atoms with E-state index in [0.29, 0.717) is 13.0 Å². The van der Waals surface area contributed by atoms with Gasteiger partial charge in [-0.05, 0) is 43.7 Å². The zero-order valence-electron chi connectivity index (χ0n) is 14.3. The smallest absolute Gasteiger partial charge is 0.346 e. The predicted octanol–water partition coefficient (Wildman–Crippen LogP) is 1.86. The molecule has 24 heavy (non-hydrogen) atoms. The van der Waals surface area contributed by atoms with Crippen molar-refractivity contribution in [2.45, 2.75) is 25.0 Å². The SMILES string of the molecule is COC(=O)C1=C2C[C@H](c3ccc(OC)cc3)N(C)C[C@]2(C)OC1=O. The Hall–Kier alpha value is -2.34. The van der Waals surface area contributed by atoms with Crippen LogP contribution in [0.3, 0.4) is 0 Å². The van der Waals surface area contributed by atoms with Crippen LogP contribution in [0, 0.1) is 0 Å². The molecule has 2 atom stereocenters. The monoisotopic (exact) mass is 331 g/mol. The summed E-state index contributed by atoms with van der Waals surface area (Å²) in [5.41, 5.74) is 1.08. The second-order valence-corrected chi connectivity index (χ2v) is 6.37. The summed E-state index contributed by atoms with van der Waals surface area (Å²) >= 11 is 0. The number of hydrogen-bond donors (Lipinski definition) is 0. The highest BCUT2D eigenvalue weighted by molar-refractivity contribution is 6.16. The maximum Gasteiger partial charge on any atom is 0.346 e. The molecule has 1 aromatic carbocycles. The first-order chi connectivity index (χ1) is 11.4. The van der Waals surface area contributed by atoms with Crippen LogP contribution in [0.4, 0.5) is 0 Å². The van der Waals surface area contributed by atoms with Crippen LogP contribution in [-0.4, -0.2) is 50.3 Å². The van der Waals surface area contributed by atoms with E-state index < -0.39 is 17.5 Å². The number of methoxy groups -OCH3 is 2. The molecule has 0 N–H and O–H groups in total. The minimum absolute atomic E-state index is 0.0478. The zero-order valence-corrected chi connectivity index (χ0v) is 14.3. The Balaban J connectivity index is 1.99. The van der Waals surface area contributed by atoms with Gasteiger partial charge in [0.15, 0.2) is 0 Å². The van der Waals surface area contributed by atoms with E-state index in [-0.39, 0.29) is 11.6 Å². The fourth-order valence-electron chi connectivity index (χ4n) is 3.59. The van der Waals surface area contributed by atoms with E-state index in [2.05, 4.69) is 4.90 Å². The first-order valence-corrected chi connectivity index (χ1v) is 7.79. The van der Waals surface area contributed by atoms with E-state index in [1.807, 2.05) is 38.2 Å². The van der Waals surface area contributed by atoms with Gasteiger partial charge in [-0.3, -0.25) is 4.90 Å². The topological polar surface area (TPSA) is 65.1 Å². The third kappa shape index (κ3) is 2.57. The highest BCUT2D eigenvalue weighted by atomic mass is 16.6. The van der Waals surface area contributed by atoms with Crippen molar-refractivity contribution < 1.29 is 23.8 Å². The van der Waals surface area contributed by atoms with Gasteiger partial charge in [-0.1, -0.05) is 12.1 Å². The Morgan fingerprint density at radius 2 is 1.96 bits per heavy atom. The highest BCUT2D eigenvalue weighted by Gasteiger charge is 2.51. The van der Waals surface area contributed by atoms with Gasteiger partial charge in [-0.2, -0.15) is 0 Å². The summed E-state index contributed by atoms with van der Waals surface area (Å²) in [6.45, 7) is 2.36. The van der Waals surface area contributed by atoms with E-state index in [4.69, 9.17) is 14.2 Å². The van der Waals surface area contributed by atoms with Crippen molar-refractivity contribution in [3.05, 3.63) is 41.0 Å². The van der Waals surface area contributed by atoms with Crippen LogP contribution in [-0.2, 0) is 19.1 Å². The fourth-order valence-corrected chi connectivity index (χ4v) is 3.59. The number of rotatable bonds is 3. The van der Waals surface area contributed by atoms with Gasteiger partial charge >= 0.3 is 11.9 Å². The molecular weight excluding hydrogens is 310 g/mol. The summed E-state index contributed by atoms with van der Waals surface area (Å²) in [7, 11) is 4.89. The molecule has 1 fully saturated rings. The van der Waals surface area contributed by atoms with Gasteiger partial charge in [0.1, 0.15) is 16.9 Å². The van der Waals surface area contributed by atoms with Gasteiger partial charge in [-0.25, -0.2) is 9.59 Å². The number of carbonyl (C=O) groups excluding carboxylic acids is 2. The molecular formula is C18H21NO5. The number of likely N-dealkylation sites (tertiary alicyclic amines) is 1. The second kappa shape index (κ2) is 5.94. The summed E-state index contributed by atoms with van der Waals surface area (Å²) in [6, 6.07) is 7.86. The third-order valence-corrected chi connectivity index (χ3v) is 4.83. The summed E-state index contributed by atoms with van der Waals surface area (Å²) in [4.78, 5) is 26.3. The molecule has 0 unspecified atom stereocenters. The summed E-state index contributed by atoms with van der Waals surface area (Å²) in [5.74, 6) is -0.434. The van der Waals surface area contributed by atoms with Gasteiger partial charge in [0.05, 0.1) is 14.2 Å². The van der Waals surface area contributed by atoms with Gasteiger partial charge in [0.2, 0.25) is 0 Å². The number of ether oxygens (including phenoxy) is 3. The molecule has 128 valence electrons. The van der Waals surface area contributed by atoms with E-state index in [9.17, 15) is 9.59 Å². The van der Waals surface area contributed by atoms with E-state index >= 15 is 0 Å². The van der Waals surface area contributed by atoms with Crippen molar-refractivity contribution in [3.63, 3.8) is 0 Å².